The second-order valence-corrected chi connectivity index (χ2v) is 6.97. The Kier molecular flexibility index (Phi) is 10.9. The van der Waals surface area contributed by atoms with Crippen molar-refractivity contribution in [2.75, 3.05) is 44.2 Å². The van der Waals surface area contributed by atoms with E-state index >= 15 is 0 Å². The van der Waals surface area contributed by atoms with Crippen LogP contribution in [0.5, 0.6) is 0 Å². The minimum atomic E-state index is -0.389. The van der Waals surface area contributed by atoms with E-state index in [2.05, 4.69) is 14.7 Å². The molecule has 1 heterocycles. The Labute approximate surface area is 183 Å². The van der Waals surface area contributed by atoms with Gasteiger partial charge in [0.1, 0.15) is 17.9 Å². The second kappa shape index (κ2) is 12.3. The van der Waals surface area contributed by atoms with Crippen LogP contribution in [0.1, 0.15) is 13.3 Å². The highest BCUT2D eigenvalue weighted by Crippen LogP contribution is 2.26. The minimum absolute atomic E-state index is 0. The Morgan fingerprint density at radius 2 is 1.31 bits per heavy atom. The molecule has 8 heteroatoms. The summed E-state index contributed by atoms with van der Waals surface area (Å²) < 4.78 is 26.6. The van der Waals surface area contributed by atoms with Crippen molar-refractivity contribution in [3.8, 4) is 0 Å². The van der Waals surface area contributed by atoms with Crippen molar-refractivity contribution in [2.24, 2.45) is 0 Å². The van der Waals surface area contributed by atoms with E-state index in [1.807, 2.05) is 0 Å². The number of piperazine rings is 1. The van der Waals surface area contributed by atoms with E-state index < -0.39 is 0 Å². The summed E-state index contributed by atoms with van der Waals surface area (Å²) in [6.45, 7) is 7.14. The number of hydrogen-bond donors (Lipinski definition) is 1. The lowest BCUT2D eigenvalue weighted by molar-refractivity contribution is -0.0127. The number of hydrogen-bond acceptors (Lipinski definition) is 4. The summed E-state index contributed by atoms with van der Waals surface area (Å²) in [6.07, 6.45) is 0.545. The van der Waals surface area contributed by atoms with E-state index in [4.69, 9.17) is 0 Å². The van der Waals surface area contributed by atoms with Crippen LogP contribution in [0.3, 0.4) is 0 Å². The normalized spacial score (nSPS) is 15.9. The number of benzene rings is 2. The molecule has 0 bridgehead atoms. The van der Waals surface area contributed by atoms with E-state index in [-0.39, 0.29) is 42.7 Å². The van der Waals surface area contributed by atoms with Crippen LogP contribution in [-0.2, 0) is 0 Å². The first kappa shape index (κ1) is 25.6. The molecule has 0 aromatic heterocycles. The minimum Gasteiger partial charge on any atom is -0.379 e. The van der Waals surface area contributed by atoms with Crippen molar-refractivity contribution in [3.63, 3.8) is 0 Å². The molecular formula is C21H29Cl2F2N3O. The Balaban J connectivity index is 0.00000210. The molecule has 0 aliphatic carbocycles. The number of nitrogens with zero attached hydrogens (tertiary/aromatic N) is 3. The molecule has 2 aromatic carbocycles. The van der Waals surface area contributed by atoms with Crippen molar-refractivity contribution in [3.05, 3.63) is 60.2 Å². The maximum Gasteiger partial charge on any atom is 0.123 e. The zero-order chi connectivity index (χ0) is 19.2. The average Bonchev–Trinajstić information content (AvgIpc) is 2.67. The molecule has 3 rings (SSSR count). The van der Waals surface area contributed by atoms with Gasteiger partial charge in [-0.1, -0.05) is 0 Å². The summed E-state index contributed by atoms with van der Waals surface area (Å²) in [7, 11) is 0. The van der Waals surface area contributed by atoms with Gasteiger partial charge in [0.05, 0.1) is 0 Å². The van der Waals surface area contributed by atoms with Crippen LogP contribution in [0, 0.1) is 11.6 Å². The smallest absolute Gasteiger partial charge is 0.123 e. The van der Waals surface area contributed by atoms with Gasteiger partial charge in [-0.25, -0.2) is 8.78 Å². The number of rotatable bonds is 7. The van der Waals surface area contributed by atoms with Crippen LogP contribution >= 0.6 is 24.8 Å². The molecule has 1 saturated heterocycles. The molecule has 162 valence electrons. The number of aliphatic hydroxyl groups excluding tert-OH is 1. The molecule has 1 unspecified atom stereocenters. The lowest BCUT2D eigenvalue weighted by atomic mass is 10.2. The number of aliphatic hydroxyl groups is 1. The molecule has 1 aliphatic heterocycles. The standard InChI is InChI=1S/C21H27F2N3O.2ClH/c1-17(27)25-15-13-24(14-16-25)11-2-12-26(20-7-3-18(22)4-8-20)21-9-5-19(23)6-10-21;;/h3-10,17,27H,2,11-16H2,1H3;2*1H. The highest BCUT2D eigenvalue weighted by Gasteiger charge is 2.19. The summed E-state index contributed by atoms with van der Waals surface area (Å²) >= 11 is 0. The topological polar surface area (TPSA) is 30.0 Å². The highest BCUT2D eigenvalue weighted by atomic mass is 35.5. The number of anilines is 2. The van der Waals surface area contributed by atoms with E-state index in [1.54, 1.807) is 31.2 Å². The Hall–Kier alpha value is -1.44. The Morgan fingerprint density at radius 1 is 0.862 bits per heavy atom. The molecule has 1 N–H and O–H groups in total. The first-order valence-electron chi connectivity index (χ1n) is 9.46. The SMILES string of the molecule is CC(O)N1CCN(CCCN(c2ccc(F)cc2)c2ccc(F)cc2)CC1.Cl.Cl. The first-order valence-corrected chi connectivity index (χ1v) is 9.46. The molecule has 29 heavy (non-hydrogen) atoms. The molecule has 0 spiro atoms. The lowest BCUT2D eigenvalue weighted by Gasteiger charge is -2.36. The zero-order valence-corrected chi connectivity index (χ0v) is 18.1. The van der Waals surface area contributed by atoms with Crippen molar-refractivity contribution in [2.45, 2.75) is 19.6 Å². The molecule has 2 aromatic rings. The van der Waals surface area contributed by atoms with E-state index in [0.717, 1.165) is 57.1 Å². The van der Waals surface area contributed by atoms with Crippen molar-refractivity contribution >= 4 is 36.2 Å². The second-order valence-electron chi connectivity index (χ2n) is 6.97. The van der Waals surface area contributed by atoms with Gasteiger partial charge in [-0.2, -0.15) is 0 Å². The van der Waals surface area contributed by atoms with Crippen LogP contribution in [0.2, 0.25) is 0 Å². The third kappa shape index (κ3) is 7.39. The van der Waals surface area contributed by atoms with Crippen molar-refractivity contribution in [1.29, 1.82) is 0 Å². The third-order valence-electron chi connectivity index (χ3n) is 5.07. The molecule has 4 nitrogen and oxygen atoms in total. The predicted molar refractivity (Wildman–Crippen MR) is 119 cm³/mol. The third-order valence-corrected chi connectivity index (χ3v) is 5.07. The molecule has 1 fully saturated rings. The first-order chi connectivity index (χ1) is 13.0. The molecular weight excluding hydrogens is 419 g/mol. The van der Waals surface area contributed by atoms with Crippen LogP contribution in [0.15, 0.2) is 48.5 Å². The van der Waals surface area contributed by atoms with Gasteiger partial charge in [0, 0.05) is 44.1 Å². The quantitative estimate of drug-likeness (QED) is 0.685. The molecule has 0 radical (unpaired) electrons. The molecule has 1 atom stereocenters. The van der Waals surface area contributed by atoms with Crippen LogP contribution in [0.25, 0.3) is 0 Å². The summed E-state index contributed by atoms with van der Waals surface area (Å²) in [5, 5.41) is 9.65. The molecule has 0 saturated carbocycles. The van der Waals surface area contributed by atoms with Gasteiger partial charge in [-0.05, 0) is 68.4 Å². The van der Waals surface area contributed by atoms with Crippen LogP contribution < -0.4 is 4.90 Å². The summed E-state index contributed by atoms with van der Waals surface area (Å²) in [5.74, 6) is -0.539. The lowest BCUT2D eigenvalue weighted by Crippen LogP contribution is -2.49. The van der Waals surface area contributed by atoms with Gasteiger partial charge in [0.2, 0.25) is 0 Å². The van der Waals surface area contributed by atoms with Crippen molar-refractivity contribution in [1.82, 2.24) is 9.80 Å². The monoisotopic (exact) mass is 447 g/mol. The van der Waals surface area contributed by atoms with Gasteiger partial charge in [0.25, 0.3) is 0 Å². The van der Waals surface area contributed by atoms with E-state index in [1.165, 1.54) is 24.3 Å². The van der Waals surface area contributed by atoms with Gasteiger partial charge >= 0.3 is 0 Å². The molecule has 1 aliphatic rings. The van der Waals surface area contributed by atoms with Crippen molar-refractivity contribution < 1.29 is 13.9 Å². The van der Waals surface area contributed by atoms with Gasteiger partial charge in [-0.3, -0.25) is 4.90 Å². The van der Waals surface area contributed by atoms with E-state index in [9.17, 15) is 13.9 Å². The predicted octanol–water partition coefficient (Wildman–Crippen LogP) is 4.29. The highest BCUT2D eigenvalue weighted by molar-refractivity contribution is 5.85. The fourth-order valence-corrected chi connectivity index (χ4v) is 3.46. The fraction of sp³-hybridized carbons (Fsp3) is 0.429. The van der Waals surface area contributed by atoms with Gasteiger partial charge in [0.15, 0.2) is 0 Å². The van der Waals surface area contributed by atoms with Crippen LogP contribution in [0.4, 0.5) is 20.2 Å². The zero-order valence-electron chi connectivity index (χ0n) is 16.5. The van der Waals surface area contributed by atoms with Crippen LogP contribution in [-0.4, -0.2) is 60.4 Å². The summed E-state index contributed by atoms with van der Waals surface area (Å²) in [5.41, 5.74) is 1.78. The summed E-state index contributed by atoms with van der Waals surface area (Å²) in [4.78, 5) is 6.55. The Morgan fingerprint density at radius 3 is 1.72 bits per heavy atom. The largest absolute Gasteiger partial charge is 0.379 e. The van der Waals surface area contributed by atoms with E-state index in [0.29, 0.717) is 0 Å². The molecule has 0 amide bonds. The van der Waals surface area contributed by atoms with Gasteiger partial charge in [-0.15, -0.1) is 24.8 Å². The Bertz CT molecular complexity index is 663. The maximum atomic E-state index is 13.3. The average molecular weight is 448 g/mol. The fourth-order valence-electron chi connectivity index (χ4n) is 3.46. The maximum absolute atomic E-state index is 13.3. The summed E-state index contributed by atoms with van der Waals surface area (Å²) in [6, 6.07) is 12.8. The number of halogens is 4. The van der Waals surface area contributed by atoms with Gasteiger partial charge < -0.3 is 14.9 Å².